The van der Waals surface area contributed by atoms with Gasteiger partial charge in [-0.3, -0.25) is 4.90 Å². The fourth-order valence-electron chi connectivity index (χ4n) is 3.11. The Kier molecular flexibility index (Phi) is 5.81. The summed E-state index contributed by atoms with van der Waals surface area (Å²) in [5.74, 6) is 0. The van der Waals surface area contributed by atoms with Crippen molar-refractivity contribution in [1.82, 2.24) is 4.90 Å². The average molecular weight is 311 g/mol. The molecule has 23 heavy (non-hydrogen) atoms. The average Bonchev–Trinajstić information content (AvgIpc) is 3.09. The molecule has 1 unspecified atom stereocenters. The van der Waals surface area contributed by atoms with E-state index in [-0.39, 0.29) is 6.61 Å². The molecule has 0 saturated carbocycles. The topological polar surface area (TPSA) is 32.7 Å². The molecule has 0 radical (unpaired) electrons. The summed E-state index contributed by atoms with van der Waals surface area (Å²) in [7, 11) is 0. The van der Waals surface area contributed by atoms with E-state index >= 15 is 0 Å². The highest BCUT2D eigenvalue weighted by atomic mass is 16.5. The van der Waals surface area contributed by atoms with Gasteiger partial charge in [0.05, 0.1) is 12.7 Å². The maximum absolute atomic E-state index is 9.17. The molecule has 3 nitrogen and oxygen atoms in total. The zero-order chi connectivity index (χ0) is 15.9. The van der Waals surface area contributed by atoms with Gasteiger partial charge in [-0.2, -0.15) is 0 Å². The predicted octanol–water partition coefficient (Wildman–Crippen LogP) is 3.36. The monoisotopic (exact) mass is 311 g/mol. The van der Waals surface area contributed by atoms with Gasteiger partial charge in [0, 0.05) is 26.2 Å². The Morgan fingerprint density at radius 1 is 0.913 bits per heavy atom. The Morgan fingerprint density at radius 3 is 2.17 bits per heavy atom. The van der Waals surface area contributed by atoms with E-state index in [2.05, 4.69) is 47.4 Å². The highest BCUT2D eigenvalue weighted by molar-refractivity contribution is 5.22. The maximum atomic E-state index is 9.17. The number of nitrogens with zero attached hydrogens (tertiary/aromatic N) is 1. The fourth-order valence-corrected chi connectivity index (χ4v) is 3.11. The van der Waals surface area contributed by atoms with Gasteiger partial charge in [-0.25, -0.2) is 0 Å². The number of benzene rings is 2. The number of rotatable bonds is 7. The van der Waals surface area contributed by atoms with Crippen molar-refractivity contribution in [3.63, 3.8) is 0 Å². The Balaban J connectivity index is 1.67. The largest absolute Gasteiger partial charge is 0.392 e. The van der Waals surface area contributed by atoms with Gasteiger partial charge in [0.15, 0.2) is 0 Å². The van der Waals surface area contributed by atoms with Crippen molar-refractivity contribution in [2.24, 2.45) is 0 Å². The van der Waals surface area contributed by atoms with Crippen molar-refractivity contribution < 1.29 is 9.84 Å². The second-order valence-corrected chi connectivity index (χ2v) is 6.26. The van der Waals surface area contributed by atoms with Crippen LogP contribution in [0.2, 0.25) is 0 Å². The molecule has 1 fully saturated rings. The second-order valence-electron chi connectivity index (χ2n) is 6.26. The molecule has 122 valence electrons. The Hall–Kier alpha value is -1.68. The first kappa shape index (κ1) is 16.2. The lowest BCUT2D eigenvalue weighted by atomic mass is 10.1. The SMILES string of the molecule is OCc1ccc(CN(Cc2ccccc2)CC2CCCO2)cc1. The summed E-state index contributed by atoms with van der Waals surface area (Å²) < 4.78 is 5.82. The van der Waals surface area contributed by atoms with E-state index in [0.717, 1.165) is 38.2 Å². The van der Waals surface area contributed by atoms with Crippen LogP contribution in [0, 0.1) is 0 Å². The molecule has 0 aromatic heterocycles. The third-order valence-corrected chi connectivity index (χ3v) is 4.35. The lowest BCUT2D eigenvalue weighted by Gasteiger charge is -2.25. The molecule has 1 saturated heterocycles. The van der Waals surface area contributed by atoms with Crippen LogP contribution in [0.1, 0.15) is 29.5 Å². The van der Waals surface area contributed by atoms with Gasteiger partial charge in [0.1, 0.15) is 0 Å². The first-order valence-corrected chi connectivity index (χ1v) is 8.40. The van der Waals surface area contributed by atoms with E-state index in [1.165, 1.54) is 17.5 Å². The summed E-state index contributed by atoms with van der Waals surface area (Å²) in [5, 5.41) is 9.17. The van der Waals surface area contributed by atoms with Crippen LogP contribution in [0.25, 0.3) is 0 Å². The van der Waals surface area contributed by atoms with E-state index in [0.29, 0.717) is 6.10 Å². The van der Waals surface area contributed by atoms with Gasteiger partial charge in [0.25, 0.3) is 0 Å². The summed E-state index contributed by atoms with van der Waals surface area (Å²) in [4.78, 5) is 2.46. The van der Waals surface area contributed by atoms with Gasteiger partial charge >= 0.3 is 0 Å². The summed E-state index contributed by atoms with van der Waals surface area (Å²) in [6.07, 6.45) is 2.69. The molecular weight excluding hydrogens is 286 g/mol. The third-order valence-electron chi connectivity index (χ3n) is 4.35. The van der Waals surface area contributed by atoms with E-state index < -0.39 is 0 Å². The minimum absolute atomic E-state index is 0.101. The van der Waals surface area contributed by atoms with Crippen LogP contribution in [-0.2, 0) is 24.4 Å². The normalized spacial score (nSPS) is 17.7. The highest BCUT2D eigenvalue weighted by Crippen LogP contribution is 2.17. The standard InChI is InChI=1S/C20H25NO2/c22-16-19-10-8-18(9-11-19)14-21(15-20-7-4-12-23-20)13-17-5-2-1-3-6-17/h1-3,5-6,8-11,20,22H,4,7,12-16H2. The summed E-state index contributed by atoms with van der Waals surface area (Å²) in [5.41, 5.74) is 3.57. The zero-order valence-electron chi connectivity index (χ0n) is 13.5. The Bertz CT molecular complexity index is 576. The number of aliphatic hydroxyl groups is 1. The van der Waals surface area contributed by atoms with Gasteiger partial charge < -0.3 is 9.84 Å². The lowest BCUT2D eigenvalue weighted by Crippen LogP contribution is -2.31. The molecule has 3 heteroatoms. The van der Waals surface area contributed by atoms with Crippen LogP contribution >= 0.6 is 0 Å². The molecule has 0 aliphatic carbocycles. The minimum atomic E-state index is 0.101. The van der Waals surface area contributed by atoms with Crippen molar-refractivity contribution in [2.45, 2.75) is 38.6 Å². The molecule has 1 atom stereocenters. The van der Waals surface area contributed by atoms with Crippen molar-refractivity contribution in [3.05, 3.63) is 71.3 Å². The number of hydrogen-bond donors (Lipinski definition) is 1. The van der Waals surface area contributed by atoms with Crippen LogP contribution in [0.3, 0.4) is 0 Å². The molecule has 1 heterocycles. The molecular formula is C20H25NO2. The number of aliphatic hydroxyl groups excluding tert-OH is 1. The molecule has 1 aliphatic heterocycles. The Labute approximate surface area is 138 Å². The molecule has 1 N–H and O–H groups in total. The highest BCUT2D eigenvalue weighted by Gasteiger charge is 2.19. The molecule has 0 spiro atoms. The van der Waals surface area contributed by atoms with Gasteiger partial charge in [-0.15, -0.1) is 0 Å². The van der Waals surface area contributed by atoms with E-state index in [4.69, 9.17) is 9.84 Å². The summed E-state index contributed by atoms with van der Waals surface area (Å²) in [6.45, 7) is 3.80. The van der Waals surface area contributed by atoms with Crippen molar-refractivity contribution in [1.29, 1.82) is 0 Å². The number of hydrogen-bond acceptors (Lipinski definition) is 3. The van der Waals surface area contributed by atoms with E-state index in [9.17, 15) is 0 Å². The first-order chi connectivity index (χ1) is 11.3. The molecule has 2 aromatic carbocycles. The fraction of sp³-hybridized carbons (Fsp3) is 0.400. The molecule has 3 rings (SSSR count). The lowest BCUT2D eigenvalue weighted by molar-refractivity contribution is 0.0679. The van der Waals surface area contributed by atoms with Crippen molar-refractivity contribution >= 4 is 0 Å². The Morgan fingerprint density at radius 2 is 1.57 bits per heavy atom. The third kappa shape index (κ3) is 4.90. The predicted molar refractivity (Wildman–Crippen MR) is 91.9 cm³/mol. The summed E-state index contributed by atoms with van der Waals surface area (Å²) in [6, 6.07) is 18.8. The smallest absolute Gasteiger partial charge is 0.0703 e. The zero-order valence-corrected chi connectivity index (χ0v) is 13.5. The molecule has 2 aromatic rings. The molecule has 0 bridgehead atoms. The van der Waals surface area contributed by atoms with Crippen LogP contribution < -0.4 is 0 Å². The maximum Gasteiger partial charge on any atom is 0.0703 e. The van der Waals surface area contributed by atoms with E-state index in [1.807, 2.05) is 12.1 Å². The first-order valence-electron chi connectivity index (χ1n) is 8.40. The van der Waals surface area contributed by atoms with Crippen molar-refractivity contribution in [3.8, 4) is 0 Å². The van der Waals surface area contributed by atoms with Gasteiger partial charge in [0.2, 0.25) is 0 Å². The summed E-state index contributed by atoms with van der Waals surface area (Å²) >= 11 is 0. The van der Waals surface area contributed by atoms with Crippen LogP contribution in [0.5, 0.6) is 0 Å². The minimum Gasteiger partial charge on any atom is -0.392 e. The molecule has 0 amide bonds. The van der Waals surface area contributed by atoms with Gasteiger partial charge in [-0.05, 0) is 29.5 Å². The van der Waals surface area contributed by atoms with Crippen molar-refractivity contribution in [2.75, 3.05) is 13.2 Å². The van der Waals surface area contributed by atoms with E-state index in [1.54, 1.807) is 0 Å². The van der Waals surface area contributed by atoms with Crippen LogP contribution in [0.15, 0.2) is 54.6 Å². The molecule has 1 aliphatic rings. The van der Waals surface area contributed by atoms with Crippen LogP contribution in [0.4, 0.5) is 0 Å². The van der Waals surface area contributed by atoms with Gasteiger partial charge in [-0.1, -0.05) is 54.6 Å². The number of ether oxygens (including phenoxy) is 1. The second kappa shape index (κ2) is 8.25. The quantitative estimate of drug-likeness (QED) is 0.851. The van der Waals surface area contributed by atoms with Crippen LogP contribution in [-0.4, -0.2) is 29.3 Å².